The first-order chi connectivity index (χ1) is 9.65. The molecule has 0 aliphatic carbocycles. The maximum atomic E-state index is 12.3. The van der Waals surface area contributed by atoms with Gasteiger partial charge in [0, 0.05) is 18.8 Å². The third-order valence-corrected chi connectivity index (χ3v) is 2.89. The second-order valence-electron chi connectivity index (χ2n) is 4.14. The van der Waals surface area contributed by atoms with E-state index in [1.807, 2.05) is 18.2 Å². The highest BCUT2D eigenvalue weighted by Gasteiger charge is 2.15. The molecule has 0 aliphatic heterocycles. The maximum Gasteiger partial charge on any atom is 0.276 e. The Bertz CT molecular complexity index is 598. The number of hydrogen-bond donors (Lipinski definition) is 2. The minimum absolute atomic E-state index is 0.207. The van der Waals surface area contributed by atoms with Gasteiger partial charge in [-0.1, -0.05) is 6.07 Å². The lowest BCUT2D eigenvalue weighted by Crippen LogP contribution is -2.27. The molecule has 0 bridgehead atoms. The van der Waals surface area contributed by atoms with E-state index in [9.17, 15) is 4.79 Å². The summed E-state index contributed by atoms with van der Waals surface area (Å²) < 4.78 is 5.14. The molecule has 104 valence electrons. The molecule has 0 saturated heterocycles. The van der Waals surface area contributed by atoms with Crippen LogP contribution < -0.4 is 20.9 Å². The molecule has 0 aliphatic rings. The van der Waals surface area contributed by atoms with Gasteiger partial charge >= 0.3 is 0 Å². The van der Waals surface area contributed by atoms with Crippen LogP contribution in [0, 0.1) is 0 Å². The SMILES string of the molecule is COc1cccc(N(C)C(=O)c2ccc(NN)cn2)c1. The first kappa shape index (κ1) is 13.8. The van der Waals surface area contributed by atoms with Crippen LogP contribution in [0.25, 0.3) is 0 Å². The molecule has 3 N–H and O–H groups in total. The van der Waals surface area contributed by atoms with E-state index in [0.717, 1.165) is 5.69 Å². The molecule has 6 heteroatoms. The predicted octanol–water partition coefficient (Wildman–Crippen LogP) is 1.65. The van der Waals surface area contributed by atoms with Crippen molar-refractivity contribution in [2.24, 2.45) is 5.84 Å². The molecule has 1 aromatic carbocycles. The molecule has 0 saturated carbocycles. The summed E-state index contributed by atoms with van der Waals surface area (Å²) in [6.45, 7) is 0. The maximum absolute atomic E-state index is 12.3. The van der Waals surface area contributed by atoms with Crippen LogP contribution in [-0.4, -0.2) is 25.0 Å². The molecular formula is C14H16N4O2. The predicted molar refractivity (Wildman–Crippen MR) is 77.8 cm³/mol. The summed E-state index contributed by atoms with van der Waals surface area (Å²) in [7, 11) is 3.27. The summed E-state index contributed by atoms with van der Waals surface area (Å²) in [6, 6.07) is 10.6. The zero-order valence-electron chi connectivity index (χ0n) is 11.3. The summed E-state index contributed by atoms with van der Waals surface area (Å²) >= 11 is 0. The topological polar surface area (TPSA) is 80.5 Å². The van der Waals surface area contributed by atoms with Gasteiger partial charge in [0.1, 0.15) is 11.4 Å². The van der Waals surface area contributed by atoms with Crippen molar-refractivity contribution in [1.82, 2.24) is 4.98 Å². The normalized spacial score (nSPS) is 9.95. The highest BCUT2D eigenvalue weighted by molar-refractivity contribution is 6.04. The van der Waals surface area contributed by atoms with Gasteiger partial charge in [0.2, 0.25) is 0 Å². The van der Waals surface area contributed by atoms with Gasteiger partial charge in [-0.2, -0.15) is 0 Å². The van der Waals surface area contributed by atoms with Crippen LogP contribution in [0.1, 0.15) is 10.5 Å². The van der Waals surface area contributed by atoms with Gasteiger partial charge in [-0.05, 0) is 24.3 Å². The number of rotatable bonds is 4. The monoisotopic (exact) mass is 272 g/mol. The number of nitrogens with two attached hydrogens (primary N) is 1. The first-order valence-corrected chi connectivity index (χ1v) is 6.00. The van der Waals surface area contributed by atoms with E-state index in [4.69, 9.17) is 10.6 Å². The van der Waals surface area contributed by atoms with E-state index in [2.05, 4.69) is 10.4 Å². The summed E-state index contributed by atoms with van der Waals surface area (Å²) in [5, 5.41) is 0. The Hall–Kier alpha value is -2.60. The van der Waals surface area contributed by atoms with Gasteiger partial charge in [-0.3, -0.25) is 10.6 Å². The average molecular weight is 272 g/mol. The summed E-state index contributed by atoms with van der Waals surface area (Å²) in [4.78, 5) is 17.9. The number of hydrogen-bond acceptors (Lipinski definition) is 5. The van der Waals surface area contributed by atoms with E-state index in [1.165, 1.54) is 11.1 Å². The number of aromatic nitrogens is 1. The van der Waals surface area contributed by atoms with E-state index in [-0.39, 0.29) is 5.91 Å². The molecule has 1 heterocycles. The molecular weight excluding hydrogens is 256 g/mol. The molecule has 6 nitrogen and oxygen atoms in total. The zero-order valence-corrected chi connectivity index (χ0v) is 11.3. The number of amides is 1. The number of pyridine rings is 1. The summed E-state index contributed by atoms with van der Waals surface area (Å²) in [5.74, 6) is 5.75. The Morgan fingerprint density at radius 3 is 2.75 bits per heavy atom. The van der Waals surface area contributed by atoms with Crippen molar-refractivity contribution in [2.75, 3.05) is 24.5 Å². The number of nitrogen functional groups attached to an aromatic ring is 1. The number of carbonyl (C=O) groups is 1. The van der Waals surface area contributed by atoms with Gasteiger partial charge in [0.05, 0.1) is 19.0 Å². The van der Waals surface area contributed by atoms with Crippen molar-refractivity contribution in [1.29, 1.82) is 0 Å². The van der Waals surface area contributed by atoms with Crippen LogP contribution in [-0.2, 0) is 0 Å². The van der Waals surface area contributed by atoms with Crippen molar-refractivity contribution in [3.63, 3.8) is 0 Å². The van der Waals surface area contributed by atoms with Gasteiger partial charge in [0.25, 0.3) is 5.91 Å². The molecule has 1 amide bonds. The Morgan fingerprint density at radius 1 is 1.35 bits per heavy atom. The van der Waals surface area contributed by atoms with Crippen molar-refractivity contribution in [3.05, 3.63) is 48.3 Å². The Labute approximate surface area is 117 Å². The van der Waals surface area contributed by atoms with E-state index < -0.39 is 0 Å². The van der Waals surface area contributed by atoms with E-state index in [0.29, 0.717) is 17.1 Å². The van der Waals surface area contributed by atoms with Crippen molar-refractivity contribution < 1.29 is 9.53 Å². The minimum Gasteiger partial charge on any atom is -0.497 e. The Kier molecular flexibility index (Phi) is 4.17. The molecule has 0 unspecified atom stereocenters. The van der Waals surface area contributed by atoms with Crippen molar-refractivity contribution >= 4 is 17.3 Å². The number of hydrazine groups is 1. The number of ether oxygens (including phenoxy) is 1. The molecule has 2 aromatic rings. The summed E-state index contributed by atoms with van der Waals surface area (Å²) in [6.07, 6.45) is 1.51. The quantitative estimate of drug-likeness (QED) is 0.653. The molecule has 0 atom stereocenters. The number of anilines is 2. The second-order valence-corrected chi connectivity index (χ2v) is 4.14. The highest BCUT2D eigenvalue weighted by Crippen LogP contribution is 2.21. The summed E-state index contributed by atoms with van der Waals surface area (Å²) in [5.41, 5.74) is 4.18. The third-order valence-electron chi connectivity index (χ3n) is 2.89. The van der Waals surface area contributed by atoms with Crippen LogP contribution in [0.5, 0.6) is 5.75 Å². The molecule has 0 radical (unpaired) electrons. The number of benzene rings is 1. The molecule has 20 heavy (non-hydrogen) atoms. The fraction of sp³-hybridized carbons (Fsp3) is 0.143. The van der Waals surface area contributed by atoms with E-state index in [1.54, 1.807) is 32.4 Å². The van der Waals surface area contributed by atoms with Crippen LogP contribution in [0.2, 0.25) is 0 Å². The first-order valence-electron chi connectivity index (χ1n) is 6.00. The minimum atomic E-state index is -0.207. The van der Waals surface area contributed by atoms with Crippen LogP contribution in [0.4, 0.5) is 11.4 Å². The lowest BCUT2D eigenvalue weighted by molar-refractivity contribution is 0.0988. The number of nitrogens with one attached hydrogen (secondary N) is 1. The Balaban J connectivity index is 2.22. The van der Waals surface area contributed by atoms with Gasteiger partial charge in [-0.25, -0.2) is 4.98 Å². The lowest BCUT2D eigenvalue weighted by Gasteiger charge is -2.17. The lowest BCUT2D eigenvalue weighted by atomic mass is 10.2. The van der Waals surface area contributed by atoms with Crippen molar-refractivity contribution in [3.8, 4) is 5.75 Å². The van der Waals surface area contributed by atoms with Gasteiger partial charge in [-0.15, -0.1) is 0 Å². The van der Waals surface area contributed by atoms with Crippen molar-refractivity contribution in [2.45, 2.75) is 0 Å². The fourth-order valence-electron chi connectivity index (χ4n) is 1.71. The zero-order chi connectivity index (χ0) is 14.5. The number of methoxy groups -OCH3 is 1. The fourth-order valence-corrected chi connectivity index (χ4v) is 1.71. The van der Waals surface area contributed by atoms with Crippen LogP contribution >= 0.6 is 0 Å². The van der Waals surface area contributed by atoms with Crippen LogP contribution in [0.15, 0.2) is 42.6 Å². The number of carbonyl (C=O) groups excluding carboxylic acids is 1. The average Bonchev–Trinajstić information content (AvgIpc) is 2.53. The standard InChI is InChI=1S/C14H16N4O2/c1-18(11-4-3-5-12(8-11)20-2)14(19)13-7-6-10(17-15)9-16-13/h3-9,17H,15H2,1-2H3. The van der Waals surface area contributed by atoms with Gasteiger partial charge in [0.15, 0.2) is 0 Å². The Morgan fingerprint density at radius 2 is 2.15 bits per heavy atom. The molecule has 1 aromatic heterocycles. The molecule has 0 spiro atoms. The van der Waals surface area contributed by atoms with Crippen LogP contribution in [0.3, 0.4) is 0 Å². The third kappa shape index (κ3) is 2.86. The number of nitrogens with zero attached hydrogens (tertiary/aromatic N) is 2. The second kappa shape index (κ2) is 6.03. The van der Waals surface area contributed by atoms with E-state index >= 15 is 0 Å². The van der Waals surface area contributed by atoms with Gasteiger partial charge < -0.3 is 15.1 Å². The molecule has 2 rings (SSSR count). The largest absolute Gasteiger partial charge is 0.497 e. The molecule has 0 fully saturated rings. The highest BCUT2D eigenvalue weighted by atomic mass is 16.5. The smallest absolute Gasteiger partial charge is 0.276 e.